The molecule has 0 fully saturated rings. The average Bonchev–Trinajstić information content (AvgIpc) is 2.74. The maximum absolute atomic E-state index is 3.84. The molecule has 0 N–H and O–H groups in total. The molecule has 0 amide bonds. The van der Waals surface area contributed by atoms with Crippen LogP contribution in [0.4, 0.5) is 0 Å². The number of aromatic nitrogens is 1. The van der Waals surface area contributed by atoms with Crippen LogP contribution in [-0.2, 0) is 7.05 Å². The molecule has 0 unspecified atom stereocenters. The van der Waals surface area contributed by atoms with E-state index in [9.17, 15) is 0 Å². The molecule has 118 valence electrons. The number of hydrogen-bond donors (Lipinski definition) is 0. The topological polar surface area (TPSA) is 4.93 Å². The van der Waals surface area contributed by atoms with Crippen molar-refractivity contribution < 1.29 is 0 Å². The van der Waals surface area contributed by atoms with E-state index in [1.165, 1.54) is 10.8 Å². The first-order valence-electron chi connectivity index (χ1n) is 8.38. The Hall–Kier alpha value is -1.46. The van der Waals surface area contributed by atoms with Gasteiger partial charge in [-0.2, -0.15) is 0 Å². The van der Waals surface area contributed by atoms with Crippen molar-refractivity contribution in [2.45, 2.75) is 58.2 Å². The number of rotatable bonds is 3. The summed E-state index contributed by atoms with van der Waals surface area (Å²) in [4.78, 5) is 0. The van der Waals surface area contributed by atoms with Gasteiger partial charge in [0, 0.05) is 24.0 Å². The maximum Gasteiger partial charge on any atom is 0.146 e. The van der Waals surface area contributed by atoms with Crippen molar-refractivity contribution in [3.63, 3.8) is 0 Å². The number of fused-ring (bicyclic) bond motifs is 1. The molecular formula is C20H29NSi. The lowest BCUT2D eigenvalue weighted by Gasteiger charge is -2.38. The summed E-state index contributed by atoms with van der Waals surface area (Å²) in [6.07, 6.45) is 2.18. The molecular weight excluding hydrogens is 282 g/mol. The molecule has 0 bridgehead atoms. The van der Waals surface area contributed by atoms with Crippen LogP contribution in [0, 0.1) is 11.5 Å². The molecule has 0 radical (unpaired) electrons. The first-order chi connectivity index (χ1) is 10.3. The van der Waals surface area contributed by atoms with Crippen LogP contribution >= 0.6 is 0 Å². The van der Waals surface area contributed by atoms with Gasteiger partial charge in [0.1, 0.15) is 8.07 Å². The summed E-state index contributed by atoms with van der Waals surface area (Å²) in [5.41, 5.74) is 7.01. The molecule has 0 aliphatic rings. The molecule has 1 heterocycles. The highest BCUT2D eigenvalue weighted by Crippen LogP contribution is 2.40. The van der Waals surface area contributed by atoms with Gasteiger partial charge in [-0.3, -0.25) is 0 Å². The normalized spacial score (nSPS) is 12.3. The highest BCUT2D eigenvalue weighted by molar-refractivity contribution is 6.90. The van der Waals surface area contributed by atoms with E-state index in [1.54, 1.807) is 0 Å². The van der Waals surface area contributed by atoms with Gasteiger partial charge in [-0.25, -0.2) is 0 Å². The van der Waals surface area contributed by atoms with Crippen LogP contribution in [0.1, 0.15) is 47.2 Å². The second-order valence-electron chi connectivity index (χ2n) is 7.32. The van der Waals surface area contributed by atoms with Crippen LogP contribution in [0.15, 0.2) is 30.5 Å². The predicted octanol–water partition coefficient (Wildman–Crippen LogP) is 5.75. The van der Waals surface area contributed by atoms with Crippen LogP contribution in [0.25, 0.3) is 10.8 Å². The molecule has 2 rings (SSSR count). The fourth-order valence-corrected chi connectivity index (χ4v) is 9.25. The van der Waals surface area contributed by atoms with Crippen molar-refractivity contribution in [3.05, 3.63) is 36.2 Å². The van der Waals surface area contributed by atoms with E-state index in [4.69, 9.17) is 0 Å². The van der Waals surface area contributed by atoms with E-state index in [0.717, 1.165) is 5.69 Å². The number of benzene rings is 1. The Labute approximate surface area is 136 Å². The molecule has 0 spiro atoms. The molecule has 2 heteroatoms. The van der Waals surface area contributed by atoms with Gasteiger partial charge in [-0.15, -0.1) is 5.54 Å². The van der Waals surface area contributed by atoms with Gasteiger partial charge in [0.2, 0.25) is 0 Å². The quantitative estimate of drug-likeness (QED) is 0.502. The van der Waals surface area contributed by atoms with Crippen molar-refractivity contribution >= 4 is 18.8 Å². The van der Waals surface area contributed by atoms with Crippen LogP contribution in [-0.4, -0.2) is 12.6 Å². The summed E-state index contributed by atoms with van der Waals surface area (Å²) in [6, 6.07) is 8.54. The zero-order valence-electron chi connectivity index (χ0n) is 15.1. The molecule has 1 aromatic heterocycles. The molecule has 1 nitrogen and oxygen atoms in total. The first kappa shape index (κ1) is 16.9. The van der Waals surface area contributed by atoms with Crippen molar-refractivity contribution in [2.75, 3.05) is 0 Å². The lowest BCUT2D eigenvalue weighted by atomic mass is 10.2. The molecule has 0 aliphatic heterocycles. The minimum Gasteiger partial charge on any atom is -0.343 e. The summed E-state index contributed by atoms with van der Waals surface area (Å²) in [7, 11) is 0.436. The van der Waals surface area contributed by atoms with E-state index in [-0.39, 0.29) is 0 Å². The van der Waals surface area contributed by atoms with Gasteiger partial charge in [0.15, 0.2) is 0 Å². The van der Waals surface area contributed by atoms with Crippen LogP contribution < -0.4 is 0 Å². The average molecular weight is 312 g/mol. The summed E-state index contributed by atoms with van der Waals surface area (Å²) in [6.45, 7) is 14.2. The third kappa shape index (κ3) is 2.75. The molecule has 0 saturated carbocycles. The third-order valence-electron chi connectivity index (χ3n) is 5.16. The number of nitrogens with zero attached hydrogens (tertiary/aromatic N) is 1. The largest absolute Gasteiger partial charge is 0.343 e. The molecule has 0 atom stereocenters. The summed E-state index contributed by atoms with van der Waals surface area (Å²) >= 11 is 0. The third-order valence-corrected chi connectivity index (χ3v) is 11.5. The second-order valence-corrected chi connectivity index (χ2v) is 12.9. The van der Waals surface area contributed by atoms with E-state index in [1.807, 2.05) is 0 Å². The van der Waals surface area contributed by atoms with Crippen molar-refractivity contribution in [2.24, 2.45) is 7.05 Å². The molecule has 1 aromatic carbocycles. The van der Waals surface area contributed by atoms with Crippen LogP contribution in [0.3, 0.4) is 0 Å². The Balaban J connectivity index is 2.60. The van der Waals surface area contributed by atoms with Gasteiger partial charge in [-0.05, 0) is 16.6 Å². The highest BCUT2D eigenvalue weighted by atomic mass is 28.3. The van der Waals surface area contributed by atoms with E-state index >= 15 is 0 Å². The maximum atomic E-state index is 3.84. The van der Waals surface area contributed by atoms with Crippen molar-refractivity contribution in [3.8, 4) is 11.5 Å². The lowest BCUT2D eigenvalue weighted by molar-refractivity contribution is 0.838. The Morgan fingerprint density at radius 1 is 0.909 bits per heavy atom. The Morgan fingerprint density at radius 2 is 1.45 bits per heavy atom. The van der Waals surface area contributed by atoms with Gasteiger partial charge < -0.3 is 4.57 Å². The van der Waals surface area contributed by atoms with Crippen LogP contribution in [0.5, 0.6) is 0 Å². The van der Waals surface area contributed by atoms with Gasteiger partial charge in [0.25, 0.3) is 0 Å². The Bertz CT molecular complexity index is 688. The second kappa shape index (κ2) is 6.34. The van der Waals surface area contributed by atoms with Gasteiger partial charge in [-0.1, -0.05) is 71.7 Å². The van der Waals surface area contributed by atoms with E-state index in [2.05, 4.69) is 95.1 Å². The molecule has 0 aliphatic carbocycles. The van der Waals surface area contributed by atoms with E-state index < -0.39 is 8.07 Å². The first-order valence-corrected chi connectivity index (χ1v) is 10.6. The fraction of sp³-hybridized carbons (Fsp3) is 0.500. The molecule has 2 aromatic rings. The minimum atomic E-state index is -1.67. The molecule has 22 heavy (non-hydrogen) atoms. The highest BCUT2D eigenvalue weighted by Gasteiger charge is 2.41. The standard InChI is InChI=1S/C20H29NSi/c1-15(2)22(16(3)4,17(5)6)13-12-20-19-11-9-8-10-18(19)14-21(20)7/h8-11,14-17H,1-7H3. The zero-order chi connectivity index (χ0) is 16.5. The smallest absolute Gasteiger partial charge is 0.146 e. The SMILES string of the molecule is CC(C)[Si](C#Cc1c2ccccc2cn1C)(C(C)C)C(C)C. The van der Waals surface area contributed by atoms with Crippen molar-refractivity contribution in [1.29, 1.82) is 0 Å². The Kier molecular flexibility index (Phi) is 4.87. The zero-order valence-corrected chi connectivity index (χ0v) is 16.1. The minimum absolute atomic E-state index is 0.673. The van der Waals surface area contributed by atoms with Gasteiger partial charge >= 0.3 is 0 Å². The fourth-order valence-electron chi connectivity index (χ4n) is 4.04. The predicted molar refractivity (Wildman–Crippen MR) is 101 cm³/mol. The van der Waals surface area contributed by atoms with E-state index in [0.29, 0.717) is 16.6 Å². The van der Waals surface area contributed by atoms with Crippen molar-refractivity contribution in [1.82, 2.24) is 4.57 Å². The number of aryl methyl sites for hydroxylation is 1. The molecule has 0 saturated heterocycles. The monoisotopic (exact) mass is 311 g/mol. The lowest BCUT2D eigenvalue weighted by Crippen LogP contribution is -2.43. The summed E-state index contributed by atoms with van der Waals surface area (Å²) < 4.78 is 2.18. The van der Waals surface area contributed by atoms with Gasteiger partial charge in [0.05, 0.1) is 5.69 Å². The van der Waals surface area contributed by atoms with Crippen LogP contribution in [0.2, 0.25) is 16.6 Å². The number of hydrogen-bond acceptors (Lipinski definition) is 0. The summed E-state index contributed by atoms with van der Waals surface area (Å²) in [5.74, 6) is 3.60. The summed E-state index contributed by atoms with van der Waals surface area (Å²) in [5, 5.41) is 2.55. The Morgan fingerprint density at radius 3 is 2.00 bits per heavy atom.